The molecule has 0 amide bonds. The lowest BCUT2D eigenvalue weighted by atomic mass is 10.0. The molecule has 80 valence electrons. The largest absolute Gasteiger partial charge is 0.384 e. The maximum absolute atomic E-state index is 10.5. The van der Waals surface area contributed by atoms with E-state index in [0.717, 1.165) is 23.0 Å². The fourth-order valence-electron chi connectivity index (χ4n) is 1.62. The van der Waals surface area contributed by atoms with Gasteiger partial charge in [-0.1, -0.05) is 24.3 Å². The average Bonchev–Trinajstić information content (AvgIpc) is 2.29. The van der Waals surface area contributed by atoms with Crippen molar-refractivity contribution in [3.63, 3.8) is 0 Å². The second-order valence-electron chi connectivity index (χ2n) is 3.66. The number of carbonyl (C=O) groups is 1. The molecule has 0 radical (unpaired) electrons. The molecule has 0 spiro atoms. The summed E-state index contributed by atoms with van der Waals surface area (Å²) in [6, 6.07) is 9.23. The van der Waals surface area contributed by atoms with Crippen molar-refractivity contribution in [3.05, 3.63) is 47.7 Å². The summed E-state index contributed by atoms with van der Waals surface area (Å²) in [5.74, 6) is 0.519. The van der Waals surface area contributed by atoms with Crippen LogP contribution in [-0.2, 0) is 0 Å². The van der Waals surface area contributed by atoms with Crippen LogP contribution in [0, 0.1) is 6.92 Å². The number of nitrogens with zero attached hydrogens (tertiary/aromatic N) is 1. The van der Waals surface area contributed by atoms with Crippen LogP contribution in [0.1, 0.15) is 15.9 Å². The lowest BCUT2D eigenvalue weighted by Crippen LogP contribution is -1.92. The summed E-state index contributed by atoms with van der Waals surface area (Å²) in [6.45, 7) is 1.99. The summed E-state index contributed by atoms with van der Waals surface area (Å²) in [4.78, 5) is 14.6. The van der Waals surface area contributed by atoms with E-state index in [2.05, 4.69) is 4.98 Å². The first-order valence-electron chi connectivity index (χ1n) is 4.98. The molecule has 0 aliphatic rings. The van der Waals surface area contributed by atoms with E-state index >= 15 is 0 Å². The van der Waals surface area contributed by atoms with Crippen molar-refractivity contribution in [1.29, 1.82) is 0 Å². The maximum Gasteiger partial charge on any atom is 0.150 e. The number of nitrogen functional groups attached to an aromatic ring is 1. The van der Waals surface area contributed by atoms with Crippen LogP contribution in [0.5, 0.6) is 0 Å². The van der Waals surface area contributed by atoms with E-state index in [1.807, 2.05) is 25.1 Å². The first-order chi connectivity index (χ1) is 7.70. The highest BCUT2D eigenvalue weighted by Gasteiger charge is 2.02. The Kier molecular flexibility index (Phi) is 2.68. The molecular formula is C13H12N2O. The van der Waals surface area contributed by atoms with Gasteiger partial charge in [-0.2, -0.15) is 0 Å². The van der Waals surface area contributed by atoms with Crippen molar-refractivity contribution in [3.8, 4) is 11.1 Å². The monoisotopic (exact) mass is 212 g/mol. The molecular weight excluding hydrogens is 200 g/mol. The number of benzene rings is 1. The number of rotatable bonds is 2. The quantitative estimate of drug-likeness (QED) is 0.778. The van der Waals surface area contributed by atoms with Gasteiger partial charge in [0.1, 0.15) is 12.1 Å². The molecule has 0 aliphatic heterocycles. The zero-order valence-corrected chi connectivity index (χ0v) is 8.97. The Morgan fingerprint density at radius 1 is 1.25 bits per heavy atom. The minimum Gasteiger partial charge on any atom is -0.384 e. The Labute approximate surface area is 93.9 Å². The number of carbonyl (C=O) groups excluding carboxylic acids is 1. The highest BCUT2D eigenvalue weighted by Crippen LogP contribution is 2.23. The van der Waals surface area contributed by atoms with Crippen LogP contribution in [0.4, 0.5) is 5.82 Å². The van der Waals surface area contributed by atoms with E-state index in [1.54, 1.807) is 18.3 Å². The summed E-state index contributed by atoms with van der Waals surface area (Å²) in [7, 11) is 0. The predicted octanol–water partition coefficient (Wildman–Crippen LogP) is 2.45. The van der Waals surface area contributed by atoms with Crippen LogP contribution in [0.15, 0.2) is 36.5 Å². The minimum atomic E-state index is 0.519. The SMILES string of the molecule is Cc1cc(N)ncc1-c1ccc(C=O)cc1. The van der Waals surface area contributed by atoms with Crippen molar-refractivity contribution in [2.75, 3.05) is 5.73 Å². The molecule has 1 aromatic heterocycles. The number of aromatic nitrogens is 1. The molecule has 0 saturated carbocycles. The number of pyridine rings is 1. The van der Waals surface area contributed by atoms with E-state index in [4.69, 9.17) is 5.73 Å². The third kappa shape index (κ3) is 1.93. The van der Waals surface area contributed by atoms with E-state index in [0.29, 0.717) is 11.4 Å². The van der Waals surface area contributed by atoms with Crippen molar-refractivity contribution >= 4 is 12.1 Å². The summed E-state index contributed by atoms with van der Waals surface area (Å²) >= 11 is 0. The summed E-state index contributed by atoms with van der Waals surface area (Å²) < 4.78 is 0. The fraction of sp³-hybridized carbons (Fsp3) is 0.0769. The first-order valence-corrected chi connectivity index (χ1v) is 4.98. The maximum atomic E-state index is 10.5. The third-order valence-corrected chi connectivity index (χ3v) is 2.49. The molecule has 2 rings (SSSR count). The van der Waals surface area contributed by atoms with E-state index in [-0.39, 0.29) is 0 Å². The Balaban J connectivity index is 2.46. The zero-order valence-electron chi connectivity index (χ0n) is 8.97. The van der Waals surface area contributed by atoms with Gasteiger partial charge < -0.3 is 5.73 Å². The lowest BCUT2D eigenvalue weighted by Gasteiger charge is -2.06. The van der Waals surface area contributed by atoms with Crippen molar-refractivity contribution in [1.82, 2.24) is 4.98 Å². The number of aldehydes is 1. The zero-order chi connectivity index (χ0) is 11.5. The van der Waals surface area contributed by atoms with Crippen LogP contribution in [0.25, 0.3) is 11.1 Å². The number of anilines is 1. The second kappa shape index (κ2) is 4.14. The van der Waals surface area contributed by atoms with Gasteiger partial charge in [0.15, 0.2) is 0 Å². The molecule has 0 bridgehead atoms. The van der Waals surface area contributed by atoms with Crippen LogP contribution >= 0.6 is 0 Å². The van der Waals surface area contributed by atoms with E-state index in [9.17, 15) is 4.79 Å². The van der Waals surface area contributed by atoms with Gasteiger partial charge in [0.2, 0.25) is 0 Å². The molecule has 0 unspecified atom stereocenters. The van der Waals surface area contributed by atoms with Gasteiger partial charge in [0.25, 0.3) is 0 Å². The van der Waals surface area contributed by atoms with E-state index in [1.165, 1.54) is 0 Å². The number of nitrogens with two attached hydrogens (primary N) is 1. The van der Waals surface area contributed by atoms with Crippen molar-refractivity contribution in [2.45, 2.75) is 6.92 Å². The fourth-order valence-corrected chi connectivity index (χ4v) is 1.62. The molecule has 3 nitrogen and oxygen atoms in total. The van der Waals surface area contributed by atoms with Crippen LogP contribution in [0.3, 0.4) is 0 Å². The number of hydrogen-bond donors (Lipinski definition) is 1. The molecule has 0 fully saturated rings. The van der Waals surface area contributed by atoms with Gasteiger partial charge in [0, 0.05) is 17.3 Å². The van der Waals surface area contributed by atoms with Gasteiger partial charge in [-0.25, -0.2) is 4.98 Å². The molecule has 2 aromatic rings. The summed E-state index contributed by atoms with van der Waals surface area (Å²) in [6.07, 6.45) is 2.58. The summed E-state index contributed by atoms with van der Waals surface area (Å²) in [5.41, 5.74) is 9.41. The molecule has 1 heterocycles. The molecule has 3 heteroatoms. The lowest BCUT2D eigenvalue weighted by molar-refractivity contribution is 0.112. The smallest absolute Gasteiger partial charge is 0.150 e. The molecule has 1 aromatic carbocycles. The molecule has 0 atom stereocenters. The first kappa shape index (κ1) is 10.4. The predicted molar refractivity (Wildman–Crippen MR) is 64.2 cm³/mol. The molecule has 2 N–H and O–H groups in total. The van der Waals surface area contributed by atoms with Crippen molar-refractivity contribution in [2.24, 2.45) is 0 Å². The van der Waals surface area contributed by atoms with Crippen LogP contribution in [-0.4, -0.2) is 11.3 Å². The van der Waals surface area contributed by atoms with Gasteiger partial charge in [-0.05, 0) is 24.1 Å². The van der Waals surface area contributed by atoms with Gasteiger partial charge in [-0.15, -0.1) is 0 Å². The number of hydrogen-bond acceptors (Lipinski definition) is 3. The highest BCUT2D eigenvalue weighted by molar-refractivity contribution is 5.77. The van der Waals surface area contributed by atoms with Gasteiger partial charge >= 0.3 is 0 Å². The van der Waals surface area contributed by atoms with Crippen LogP contribution in [0.2, 0.25) is 0 Å². The highest BCUT2D eigenvalue weighted by atomic mass is 16.1. The molecule has 0 saturated heterocycles. The van der Waals surface area contributed by atoms with E-state index < -0.39 is 0 Å². The van der Waals surface area contributed by atoms with Crippen LogP contribution < -0.4 is 5.73 Å². The Bertz CT molecular complexity index is 518. The molecule has 16 heavy (non-hydrogen) atoms. The number of aryl methyl sites for hydroxylation is 1. The van der Waals surface area contributed by atoms with Gasteiger partial charge in [-0.3, -0.25) is 4.79 Å². The summed E-state index contributed by atoms with van der Waals surface area (Å²) in [5, 5.41) is 0. The Morgan fingerprint density at radius 2 is 1.94 bits per heavy atom. The normalized spacial score (nSPS) is 10.1. The minimum absolute atomic E-state index is 0.519. The van der Waals surface area contributed by atoms with Crippen molar-refractivity contribution < 1.29 is 4.79 Å². The Morgan fingerprint density at radius 3 is 2.50 bits per heavy atom. The second-order valence-corrected chi connectivity index (χ2v) is 3.66. The molecule has 0 aliphatic carbocycles. The standard InChI is InChI=1S/C13H12N2O/c1-9-6-13(14)15-7-12(9)11-4-2-10(8-16)3-5-11/h2-8H,1H3,(H2,14,15). The average molecular weight is 212 g/mol. The topological polar surface area (TPSA) is 56.0 Å². The third-order valence-electron chi connectivity index (χ3n) is 2.49. The van der Waals surface area contributed by atoms with Gasteiger partial charge in [0.05, 0.1) is 0 Å². The Hall–Kier alpha value is -2.16.